The molecular formula is C32H26ClN5O. The molecule has 1 atom stereocenters. The topological polar surface area (TPSA) is 65.7 Å². The molecule has 0 N–H and O–H groups in total. The second kappa shape index (κ2) is 9.79. The molecular weight excluding hydrogens is 506 g/mol. The Balaban J connectivity index is 1.15. The Morgan fingerprint density at radius 1 is 1.00 bits per heavy atom. The van der Waals surface area contributed by atoms with Gasteiger partial charge in [0.2, 0.25) is 5.88 Å². The highest BCUT2D eigenvalue weighted by Gasteiger charge is 2.25. The summed E-state index contributed by atoms with van der Waals surface area (Å²) in [6.07, 6.45) is 10.3. The predicted molar refractivity (Wildman–Crippen MR) is 154 cm³/mol. The zero-order valence-electron chi connectivity index (χ0n) is 21.5. The highest BCUT2D eigenvalue weighted by atomic mass is 35.5. The van der Waals surface area contributed by atoms with E-state index in [0.29, 0.717) is 16.8 Å². The number of pyridine rings is 1. The summed E-state index contributed by atoms with van der Waals surface area (Å²) in [5.74, 6) is 1.73. The Labute approximate surface area is 231 Å². The van der Waals surface area contributed by atoms with Gasteiger partial charge in [-0.05, 0) is 99.3 Å². The Hall–Kier alpha value is -4.29. The summed E-state index contributed by atoms with van der Waals surface area (Å²) in [7, 11) is 1.65. The first-order valence-electron chi connectivity index (χ1n) is 13.2. The van der Waals surface area contributed by atoms with E-state index in [-0.39, 0.29) is 0 Å². The van der Waals surface area contributed by atoms with Gasteiger partial charge in [0.15, 0.2) is 5.82 Å². The fraction of sp³-hybridized carbons (Fsp3) is 0.188. The zero-order chi connectivity index (χ0) is 26.3. The van der Waals surface area contributed by atoms with Crippen molar-refractivity contribution >= 4 is 27.9 Å². The number of tetrazole rings is 1. The molecule has 6 nitrogen and oxygen atoms in total. The van der Waals surface area contributed by atoms with E-state index in [1.165, 1.54) is 38.6 Å². The molecule has 192 valence electrons. The molecule has 39 heavy (non-hydrogen) atoms. The van der Waals surface area contributed by atoms with Crippen LogP contribution in [0.25, 0.3) is 33.2 Å². The number of benzene rings is 3. The summed E-state index contributed by atoms with van der Waals surface area (Å²) >= 11 is 6.13. The van der Waals surface area contributed by atoms with Crippen LogP contribution in [-0.2, 0) is 12.8 Å². The average Bonchev–Trinajstić information content (AvgIpc) is 3.45. The summed E-state index contributed by atoms with van der Waals surface area (Å²) in [6, 6.07) is 22.8. The zero-order valence-corrected chi connectivity index (χ0v) is 22.3. The van der Waals surface area contributed by atoms with Gasteiger partial charge in [-0.15, -0.1) is 15.0 Å². The minimum absolute atomic E-state index is 0.357. The summed E-state index contributed by atoms with van der Waals surface area (Å²) in [4.78, 5) is 5.81. The molecule has 7 heteroatoms. The molecule has 0 bridgehead atoms. The van der Waals surface area contributed by atoms with Crippen LogP contribution in [0.5, 0.6) is 5.88 Å². The lowest BCUT2D eigenvalue weighted by Crippen LogP contribution is -2.14. The first-order chi connectivity index (χ1) is 19.1. The van der Waals surface area contributed by atoms with Crippen molar-refractivity contribution in [1.29, 1.82) is 0 Å². The van der Waals surface area contributed by atoms with Gasteiger partial charge in [0.25, 0.3) is 0 Å². The minimum atomic E-state index is 0.357. The van der Waals surface area contributed by atoms with Crippen LogP contribution in [0.1, 0.15) is 29.8 Å². The van der Waals surface area contributed by atoms with Crippen LogP contribution in [-0.4, -0.2) is 32.3 Å². The van der Waals surface area contributed by atoms with E-state index >= 15 is 0 Å². The fourth-order valence-corrected chi connectivity index (χ4v) is 6.02. The van der Waals surface area contributed by atoms with Crippen molar-refractivity contribution in [2.24, 2.45) is 5.92 Å². The number of methoxy groups -OCH3 is 1. The summed E-state index contributed by atoms with van der Waals surface area (Å²) in [5.41, 5.74) is 8.78. The van der Waals surface area contributed by atoms with Gasteiger partial charge in [-0.3, -0.25) is 0 Å². The molecule has 0 aliphatic heterocycles. The van der Waals surface area contributed by atoms with Crippen molar-refractivity contribution in [1.82, 2.24) is 25.2 Å². The van der Waals surface area contributed by atoms with Crippen molar-refractivity contribution in [3.05, 3.63) is 113 Å². The van der Waals surface area contributed by atoms with Crippen molar-refractivity contribution in [2.75, 3.05) is 7.11 Å². The van der Waals surface area contributed by atoms with Crippen molar-refractivity contribution in [2.45, 2.75) is 25.7 Å². The van der Waals surface area contributed by atoms with Crippen LogP contribution >= 0.6 is 11.6 Å². The molecule has 3 aromatic carbocycles. The maximum atomic E-state index is 6.13. The lowest BCUT2D eigenvalue weighted by Gasteiger charge is -2.28. The predicted octanol–water partition coefficient (Wildman–Crippen LogP) is 7.06. The molecule has 0 spiro atoms. The molecule has 0 radical (unpaired) electrons. The van der Waals surface area contributed by atoms with E-state index in [0.717, 1.165) is 42.8 Å². The highest BCUT2D eigenvalue weighted by Crippen LogP contribution is 2.42. The maximum absolute atomic E-state index is 6.13. The van der Waals surface area contributed by atoms with E-state index in [2.05, 4.69) is 62.9 Å². The van der Waals surface area contributed by atoms with Crippen LogP contribution in [0.2, 0.25) is 5.02 Å². The first-order valence-corrected chi connectivity index (χ1v) is 13.5. The SMILES string of the molecule is COc1cc(-c2ccc3ccc4c(c3c2)CCC2=C4C=CC(Cc3nnn(-c4cccc(Cl)c4)n3)C2)ccn1. The third-order valence-electron chi connectivity index (χ3n) is 7.74. The molecule has 0 amide bonds. The second-order valence-electron chi connectivity index (χ2n) is 10.1. The number of hydrogen-bond acceptors (Lipinski definition) is 5. The van der Waals surface area contributed by atoms with E-state index < -0.39 is 0 Å². The monoisotopic (exact) mass is 531 g/mol. The highest BCUT2D eigenvalue weighted by molar-refractivity contribution is 6.30. The lowest BCUT2D eigenvalue weighted by molar-refractivity contribution is 0.398. The average molecular weight is 532 g/mol. The van der Waals surface area contributed by atoms with Gasteiger partial charge in [-0.1, -0.05) is 59.7 Å². The maximum Gasteiger partial charge on any atom is 0.213 e. The van der Waals surface area contributed by atoms with Gasteiger partial charge >= 0.3 is 0 Å². The quantitative estimate of drug-likeness (QED) is 0.243. The summed E-state index contributed by atoms with van der Waals surface area (Å²) < 4.78 is 5.34. The van der Waals surface area contributed by atoms with Gasteiger partial charge < -0.3 is 4.74 Å². The number of halogens is 1. The minimum Gasteiger partial charge on any atom is -0.481 e. The number of rotatable bonds is 5. The largest absolute Gasteiger partial charge is 0.481 e. The summed E-state index contributed by atoms with van der Waals surface area (Å²) in [6.45, 7) is 0. The van der Waals surface area contributed by atoms with Crippen molar-refractivity contribution in [3.8, 4) is 22.7 Å². The molecule has 5 aromatic rings. The van der Waals surface area contributed by atoms with Crippen LogP contribution in [0.3, 0.4) is 0 Å². The molecule has 2 heterocycles. The summed E-state index contributed by atoms with van der Waals surface area (Å²) in [5, 5.41) is 16.4. The van der Waals surface area contributed by atoms with E-state index in [4.69, 9.17) is 16.3 Å². The number of aryl methyl sites for hydroxylation is 1. The van der Waals surface area contributed by atoms with Crippen molar-refractivity contribution in [3.63, 3.8) is 0 Å². The number of nitrogens with zero attached hydrogens (tertiary/aromatic N) is 5. The fourth-order valence-electron chi connectivity index (χ4n) is 5.83. The molecule has 2 aliphatic carbocycles. The molecule has 2 aromatic heterocycles. The Kier molecular flexibility index (Phi) is 5.97. The van der Waals surface area contributed by atoms with E-state index in [9.17, 15) is 0 Å². The normalized spacial score (nSPS) is 16.3. The molecule has 2 aliphatic rings. The van der Waals surface area contributed by atoms with Gasteiger partial charge in [0.05, 0.1) is 12.8 Å². The third-order valence-corrected chi connectivity index (χ3v) is 7.98. The molecule has 1 unspecified atom stereocenters. The number of hydrogen-bond donors (Lipinski definition) is 0. The molecule has 7 rings (SSSR count). The number of allylic oxidation sites excluding steroid dienone is 4. The van der Waals surface area contributed by atoms with Gasteiger partial charge in [-0.2, -0.15) is 0 Å². The third kappa shape index (κ3) is 4.51. The van der Waals surface area contributed by atoms with Gasteiger partial charge in [-0.25, -0.2) is 4.98 Å². The number of fused-ring (bicyclic) bond motifs is 4. The Morgan fingerprint density at radius 3 is 2.79 bits per heavy atom. The van der Waals surface area contributed by atoms with Crippen LogP contribution in [0.15, 0.2) is 90.7 Å². The first kappa shape index (κ1) is 23.8. The number of ether oxygens (including phenoxy) is 1. The Morgan fingerprint density at radius 2 is 1.90 bits per heavy atom. The lowest BCUT2D eigenvalue weighted by atomic mass is 9.76. The van der Waals surface area contributed by atoms with Crippen LogP contribution in [0, 0.1) is 5.92 Å². The van der Waals surface area contributed by atoms with Crippen LogP contribution < -0.4 is 4.74 Å². The molecule has 0 saturated carbocycles. The number of aromatic nitrogens is 5. The van der Waals surface area contributed by atoms with Gasteiger partial charge in [0.1, 0.15) is 0 Å². The Bertz CT molecular complexity index is 1790. The molecule has 0 saturated heterocycles. The van der Waals surface area contributed by atoms with E-state index in [1.807, 2.05) is 36.4 Å². The standard InChI is InChI=1S/C32H26ClN5O/c1-39-32-18-23(13-14-34-32)22-7-6-21-8-11-28-27-10-5-20(15-24(27)9-12-29(28)30(21)17-22)16-31-35-37-38(36-31)26-4-2-3-25(33)19-26/h2-8,10-11,13-14,17-20H,9,12,15-16H2,1H3. The van der Waals surface area contributed by atoms with Crippen molar-refractivity contribution < 1.29 is 4.74 Å². The van der Waals surface area contributed by atoms with E-state index in [1.54, 1.807) is 18.1 Å². The molecule has 0 fully saturated rings. The second-order valence-corrected chi connectivity index (χ2v) is 10.6. The van der Waals surface area contributed by atoms with Gasteiger partial charge in [0, 0.05) is 23.7 Å². The smallest absolute Gasteiger partial charge is 0.213 e. The van der Waals surface area contributed by atoms with Crippen LogP contribution in [0.4, 0.5) is 0 Å².